The van der Waals surface area contributed by atoms with Gasteiger partial charge in [-0.05, 0) is 19.1 Å². The van der Waals surface area contributed by atoms with E-state index in [9.17, 15) is 13.2 Å². The second-order valence-electron chi connectivity index (χ2n) is 6.47. The van der Waals surface area contributed by atoms with E-state index in [4.69, 9.17) is 0 Å². The Balaban J connectivity index is 1.43. The highest BCUT2D eigenvalue weighted by Gasteiger charge is 2.31. The van der Waals surface area contributed by atoms with Crippen LogP contribution in [0.2, 0.25) is 0 Å². The first kappa shape index (κ1) is 19.3. The number of nitrogens with zero attached hydrogens (tertiary/aromatic N) is 3. The van der Waals surface area contributed by atoms with Crippen LogP contribution < -0.4 is 0 Å². The van der Waals surface area contributed by atoms with Gasteiger partial charge in [-0.25, -0.2) is 13.4 Å². The Labute approximate surface area is 172 Å². The van der Waals surface area contributed by atoms with Crippen molar-refractivity contribution >= 4 is 38.6 Å². The fraction of sp³-hybridized carbons (Fsp3) is 0.263. The predicted octanol–water partition coefficient (Wildman–Crippen LogP) is 3.33. The second kappa shape index (κ2) is 7.75. The van der Waals surface area contributed by atoms with Gasteiger partial charge in [0.2, 0.25) is 0 Å². The third-order valence-electron chi connectivity index (χ3n) is 4.58. The third kappa shape index (κ3) is 3.75. The van der Waals surface area contributed by atoms with E-state index < -0.39 is 10.0 Å². The molecule has 1 fully saturated rings. The summed E-state index contributed by atoms with van der Waals surface area (Å²) in [7, 11) is -3.49. The van der Waals surface area contributed by atoms with Crippen LogP contribution in [0.1, 0.15) is 15.4 Å². The van der Waals surface area contributed by atoms with Crippen LogP contribution in [0.15, 0.2) is 52.1 Å². The van der Waals surface area contributed by atoms with E-state index in [1.54, 1.807) is 16.3 Å². The molecule has 4 rings (SSSR count). The lowest BCUT2D eigenvalue weighted by Crippen LogP contribution is -2.50. The summed E-state index contributed by atoms with van der Waals surface area (Å²) in [5, 5.41) is 2.57. The molecule has 28 heavy (non-hydrogen) atoms. The number of carbonyl (C=O) groups is 1. The number of sulfonamides is 1. The number of hydrogen-bond acceptors (Lipinski definition) is 6. The maximum atomic E-state index is 12.8. The summed E-state index contributed by atoms with van der Waals surface area (Å²) in [4.78, 5) is 19.9. The van der Waals surface area contributed by atoms with Crippen LogP contribution in [0.4, 0.5) is 0 Å². The summed E-state index contributed by atoms with van der Waals surface area (Å²) >= 11 is 2.71. The number of thiophene rings is 1. The van der Waals surface area contributed by atoms with Gasteiger partial charge in [0, 0.05) is 42.0 Å². The zero-order chi connectivity index (χ0) is 19.7. The molecule has 2 aromatic heterocycles. The lowest BCUT2D eigenvalue weighted by atomic mass is 10.2. The number of benzene rings is 1. The van der Waals surface area contributed by atoms with Gasteiger partial charge in [0.1, 0.15) is 14.9 Å². The molecule has 0 spiro atoms. The van der Waals surface area contributed by atoms with Gasteiger partial charge < -0.3 is 4.90 Å². The van der Waals surface area contributed by atoms with Gasteiger partial charge in [0.05, 0.1) is 0 Å². The van der Waals surface area contributed by atoms with Gasteiger partial charge in [-0.2, -0.15) is 4.31 Å². The van der Waals surface area contributed by atoms with Crippen molar-refractivity contribution in [2.75, 3.05) is 26.2 Å². The van der Waals surface area contributed by atoms with Crippen molar-refractivity contribution in [3.8, 4) is 10.6 Å². The number of aryl methyl sites for hydroxylation is 1. The molecule has 1 amide bonds. The topological polar surface area (TPSA) is 70.6 Å². The van der Waals surface area contributed by atoms with Gasteiger partial charge in [-0.1, -0.05) is 30.3 Å². The first-order valence-electron chi connectivity index (χ1n) is 8.82. The van der Waals surface area contributed by atoms with Crippen LogP contribution in [0.5, 0.6) is 0 Å². The van der Waals surface area contributed by atoms with E-state index in [1.165, 1.54) is 27.0 Å². The molecule has 0 bridgehead atoms. The maximum absolute atomic E-state index is 12.8. The molecule has 0 atom stereocenters. The summed E-state index contributed by atoms with van der Waals surface area (Å²) in [6.07, 6.45) is 0. The van der Waals surface area contributed by atoms with Crippen molar-refractivity contribution in [1.82, 2.24) is 14.2 Å². The summed E-state index contributed by atoms with van der Waals surface area (Å²) in [5.74, 6) is -0.151. The second-order valence-corrected chi connectivity index (χ2v) is 10.8. The van der Waals surface area contributed by atoms with Crippen LogP contribution >= 0.6 is 22.7 Å². The zero-order valence-electron chi connectivity index (χ0n) is 15.2. The molecular weight excluding hydrogens is 414 g/mol. The van der Waals surface area contributed by atoms with E-state index in [1.807, 2.05) is 43.3 Å². The highest BCUT2D eigenvalue weighted by molar-refractivity contribution is 7.91. The molecule has 3 aromatic rings. The number of piperazine rings is 1. The van der Waals surface area contributed by atoms with Crippen LogP contribution in [0.3, 0.4) is 0 Å². The van der Waals surface area contributed by atoms with Crippen LogP contribution in [0, 0.1) is 6.92 Å². The highest BCUT2D eigenvalue weighted by atomic mass is 32.2. The number of carbonyl (C=O) groups excluding carboxylic acids is 1. The molecule has 3 heterocycles. The van der Waals surface area contributed by atoms with Crippen molar-refractivity contribution in [3.05, 3.63) is 58.4 Å². The number of hydrogen-bond donors (Lipinski definition) is 0. The molecule has 0 N–H and O–H groups in total. The number of amides is 1. The van der Waals surface area contributed by atoms with Gasteiger partial charge in [-0.3, -0.25) is 4.79 Å². The lowest BCUT2D eigenvalue weighted by Gasteiger charge is -2.33. The molecule has 1 aliphatic heterocycles. The quantitative estimate of drug-likeness (QED) is 0.633. The molecule has 6 nitrogen and oxygen atoms in total. The minimum atomic E-state index is -3.49. The van der Waals surface area contributed by atoms with E-state index >= 15 is 0 Å². The predicted molar refractivity (Wildman–Crippen MR) is 111 cm³/mol. The summed E-state index contributed by atoms with van der Waals surface area (Å²) in [6.45, 7) is 3.19. The molecule has 0 aliphatic carbocycles. The molecule has 1 aromatic carbocycles. The fourth-order valence-corrected chi connectivity index (χ4v) is 6.72. The molecule has 0 unspecified atom stereocenters. The first-order chi connectivity index (χ1) is 13.4. The first-order valence-corrected chi connectivity index (χ1v) is 12.0. The number of aromatic nitrogens is 1. The Hall–Kier alpha value is -2.07. The summed E-state index contributed by atoms with van der Waals surface area (Å²) in [5.41, 5.74) is 1.39. The molecular formula is C19H19N3O3S3. The monoisotopic (exact) mass is 433 g/mol. The van der Waals surface area contributed by atoms with E-state index in [0.717, 1.165) is 15.4 Å². The van der Waals surface area contributed by atoms with Crippen molar-refractivity contribution in [3.63, 3.8) is 0 Å². The highest BCUT2D eigenvalue weighted by Crippen LogP contribution is 2.26. The van der Waals surface area contributed by atoms with Gasteiger partial charge >= 0.3 is 0 Å². The zero-order valence-corrected chi connectivity index (χ0v) is 17.7. The fourth-order valence-electron chi connectivity index (χ4n) is 3.06. The third-order valence-corrected chi connectivity index (χ3v) is 8.84. The lowest BCUT2D eigenvalue weighted by molar-refractivity contribution is 0.0693. The van der Waals surface area contributed by atoms with Crippen molar-refractivity contribution in [2.45, 2.75) is 11.1 Å². The molecule has 1 aliphatic rings. The van der Waals surface area contributed by atoms with E-state index in [-0.39, 0.29) is 5.91 Å². The molecule has 1 saturated heterocycles. The largest absolute Gasteiger partial charge is 0.335 e. The smallest absolute Gasteiger partial charge is 0.273 e. The van der Waals surface area contributed by atoms with Crippen LogP contribution in [-0.4, -0.2) is 54.7 Å². The molecule has 146 valence electrons. The minimum Gasteiger partial charge on any atom is -0.335 e. The van der Waals surface area contributed by atoms with Gasteiger partial charge in [0.25, 0.3) is 15.9 Å². The van der Waals surface area contributed by atoms with Gasteiger partial charge in [0.15, 0.2) is 0 Å². The Kier molecular flexibility index (Phi) is 5.33. The molecule has 0 radical (unpaired) electrons. The van der Waals surface area contributed by atoms with Crippen molar-refractivity contribution < 1.29 is 13.2 Å². The van der Waals surface area contributed by atoms with E-state index in [0.29, 0.717) is 36.1 Å². The van der Waals surface area contributed by atoms with Crippen molar-refractivity contribution in [2.24, 2.45) is 0 Å². The number of rotatable bonds is 4. The van der Waals surface area contributed by atoms with E-state index in [2.05, 4.69) is 4.98 Å². The molecule has 9 heteroatoms. The Morgan fingerprint density at radius 2 is 1.75 bits per heavy atom. The summed E-state index contributed by atoms with van der Waals surface area (Å²) in [6, 6.07) is 13.2. The SMILES string of the molecule is Cc1ccc(S(=O)(=O)N2CCN(C(=O)c3csc(-c4ccccc4)n3)CC2)s1. The minimum absolute atomic E-state index is 0.151. The Bertz CT molecular complexity index is 1080. The number of thiazole rings is 1. The standard InChI is InChI=1S/C19H19N3O3S3/c1-14-7-8-17(27-14)28(24,25)22-11-9-21(10-12-22)19(23)16-13-26-18(20-16)15-5-3-2-4-6-15/h2-8,13H,9-12H2,1H3. The Morgan fingerprint density at radius 3 is 2.39 bits per heavy atom. The average molecular weight is 434 g/mol. The van der Waals surface area contributed by atoms with Gasteiger partial charge in [-0.15, -0.1) is 22.7 Å². The van der Waals surface area contributed by atoms with Crippen LogP contribution in [-0.2, 0) is 10.0 Å². The van der Waals surface area contributed by atoms with Crippen molar-refractivity contribution in [1.29, 1.82) is 0 Å². The average Bonchev–Trinajstić information content (AvgIpc) is 3.38. The Morgan fingerprint density at radius 1 is 1.04 bits per heavy atom. The van der Waals surface area contributed by atoms with Crippen LogP contribution in [0.25, 0.3) is 10.6 Å². The summed E-state index contributed by atoms with van der Waals surface area (Å²) < 4.78 is 27.3. The normalized spacial score (nSPS) is 15.7. The maximum Gasteiger partial charge on any atom is 0.273 e. The molecule has 0 saturated carbocycles.